The molecular weight excluding hydrogens is 240 g/mol. The van der Waals surface area contributed by atoms with Crippen LogP contribution in [0, 0.1) is 0 Å². The van der Waals surface area contributed by atoms with Gasteiger partial charge in [-0.2, -0.15) is 0 Å². The molecule has 104 valence electrons. The third-order valence-electron chi connectivity index (χ3n) is 1.35. The summed E-state index contributed by atoms with van der Waals surface area (Å²) in [5.41, 5.74) is 0. The van der Waals surface area contributed by atoms with Crippen LogP contribution in [0.4, 0.5) is 0 Å². The van der Waals surface area contributed by atoms with Crippen LogP contribution in [0.3, 0.4) is 0 Å². The zero-order chi connectivity index (χ0) is 14.4. The van der Waals surface area contributed by atoms with Crippen molar-refractivity contribution in [1.29, 1.82) is 0 Å². The van der Waals surface area contributed by atoms with E-state index in [2.05, 4.69) is 22.6 Å². The van der Waals surface area contributed by atoms with Gasteiger partial charge in [-0.1, -0.05) is 13.2 Å². The van der Waals surface area contributed by atoms with Gasteiger partial charge in [-0.05, 0) is 6.92 Å². The average Bonchev–Trinajstić information content (AvgIpc) is 2.36. The zero-order valence-corrected chi connectivity index (χ0v) is 10.5. The molecule has 6 heteroatoms. The Bertz CT molecular complexity index is 259. The van der Waals surface area contributed by atoms with Gasteiger partial charge in [0.2, 0.25) is 0 Å². The van der Waals surface area contributed by atoms with E-state index in [0.29, 0.717) is 6.42 Å². The molecule has 0 aromatic rings. The lowest BCUT2D eigenvalue weighted by Crippen LogP contribution is -2.13. The van der Waals surface area contributed by atoms with Crippen molar-refractivity contribution < 1.29 is 29.3 Å². The number of carbonyl (C=O) groups is 2. The van der Waals surface area contributed by atoms with Gasteiger partial charge in [0.25, 0.3) is 0 Å². The number of rotatable bonds is 7. The summed E-state index contributed by atoms with van der Waals surface area (Å²) in [5.74, 6) is -0.945. The number of esters is 2. The Hall–Kier alpha value is -1.66. The molecule has 0 fully saturated rings. The van der Waals surface area contributed by atoms with Crippen molar-refractivity contribution in [2.45, 2.75) is 19.4 Å². The Labute approximate surface area is 107 Å². The fourth-order valence-corrected chi connectivity index (χ4v) is 0.558. The number of aliphatic hydroxyl groups excluding tert-OH is 2. The summed E-state index contributed by atoms with van der Waals surface area (Å²) < 4.78 is 8.96. The smallest absolute Gasteiger partial charge is 0.330 e. The summed E-state index contributed by atoms with van der Waals surface area (Å²) in [6, 6.07) is 0. The molecule has 0 aliphatic rings. The minimum Gasteiger partial charge on any atom is -0.462 e. The molecule has 1 atom stereocenters. The van der Waals surface area contributed by atoms with E-state index in [-0.39, 0.29) is 19.8 Å². The molecule has 0 saturated carbocycles. The second-order valence-corrected chi connectivity index (χ2v) is 3.13. The van der Waals surface area contributed by atoms with Crippen LogP contribution in [0.2, 0.25) is 0 Å². The van der Waals surface area contributed by atoms with Crippen molar-refractivity contribution >= 4 is 11.9 Å². The minimum absolute atomic E-state index is 0.0326. The lowest BCUT2D eigenvalue weighted by molar-refractivity contribution is -0.140. The molecule has 0 amide bonds. The third kappa shape index (κ3) is 16.8. The lowest BCUT2D eigenvalue weighted by Gasteiger charge is -2.02. The predicted molar refractivity (Wildman–Crippen MR) is 65.7 cm³/mol. The van der Waals surface area contributed by atoms with Crippen LogP contribution in [-0.2, 0) is 19.1 Å². The van der Waals surface area contributed by atoms with Crippen LogP contribution in [0.25, 0.3) is 0 Å². The maximum atomic E-state index is 10.3. The van der Waals surface area contributed by atoms with Gasteiger partial charge in [-0.15, -0.1) is 0 Å². The summed E-state index contributed by atoms with van der Waals surface area (Å²) in [5, 5.41) is 16.8. The summed E-state index contributed by atoms with van der Waals surface area (Å²) in [6.07, 6.45) is 2.04. The third-order valence-corrected chi connectivity index (χ3v) is 1.35. The van der Waals surface area contributed by atoms with Crippen molar-refractivity contribution in [1.82, 2.24) is 0 Å². The van der Waals surface area contributed by atoms with Crippen molar-refractivity contribution in [2.75, 3.05) is 19.8 Å². The van der Waals surface area contributed by atoms with Crippen LogP contribution >= 0.6 is 0 Å². The van der Waals surface area contributed by atoms with Crippen molar-refractivity contribution in [3.8, 4) is 0 Å². The van der Waals surface area contributed by atoms with E-state index in [1.54, 1.807) is 0 Å². The topological polar surface area (TPSA) is 93.1 Å². The van der Waals surface area contributed by atoms with Crippen LogP contribution in [0.1, 0.15) is 13.3 Å². The standard InChI is InChI=1S/2C6H10O3/c1-3-6(8)9-4-5(2)7;1-2-6(8)9-5-3-4-7/h3,5,7H,1,4H2,2H3;2,7H,1,3-5H2. The maximum absolute atomic E-state index is 10.3. The average molecular weight is 260 g/mol. The highest BCUT2D eigenvalue weighted by Gasteiger charge is 1.98. The molecule has 2 N–H and O–H groups in total. The van der Waals surface area contributed by atoms with Crippen LogP contribution in [-0.4, -0.2) is 48.1 Å². The zero-order valence-electron chi connectivity index (χ0n) is 10.5. The highest BCUT2D eigenvalue weighted by molar-refractivity contribution is 5.81. The van der Waals surface area contributed by atoms with E-state index >= 15 is 0 Å². The summed E-state index contributed by atoms with van der Waals surface area (Å²) in [7, 11) is 0. The van der Waals surface area contributed by atoms with Crippen LogP contribution in [0.5, 0.6) is 0 Å². The van der Waals surface area contributed by atoms with E-state index in [1.807, 2.05) is 0 Å². The van der Waals surface area contributed by atoms with Gasteiger partial charge in [0.1, 0.15) is 6.61 Å². The van der Waals surface area contributed by atoms with E-state index in [0.717, 1.165) is 12.2 Å². The van der Waals surface area contributed by atoms with Crippen molar-refractivity contribution in [2.24, 2.45) is 0 Å². The molecule has 0 spiro atoms. The molecule has 18 heavy (non-hydrogen) atoms. The van der Waals surface area contributed by atoms with E-state index < -0.39 is 18.0 Å². The second-order valence-electron chi connectivity index (χ2n) is 3.13. The maximum Gasteiger partial charge on any atom is 0.330 e. The van der Waals surface area contributed by atoms with Gasteiger partial charge < -0.3 is 19.7 Å². The molecule has 0 bridgehead atoms. The first-order chi connectivity index (χ1) is 8.47. The van der Waals surface area contributed by atoms with Crippen molar-refractivity contribution in [3.63, 3.8) is 0 Å². The van der Waals surface area contributed by atoms with Gasteiger partial charge in [0.05, 0.1) is 12.7 Å². The summed E-state index contributed by atoms with van der Waals surface area (Å²) in [4.78, 5) is 20.5. The highest BCUT2D eigenvalue weighted by Crippen LogP contribution is 1.83. The predicted octanol–water partition coefficient (Wildman–Crippen LogP) is 0.194. The van der Waals surface area contributed by atoms with Crippen LogP contribution in [0.15, 0.2) is 25.3 Å². The molecule has 0 radical (unpaired) electrons. The highest BCUT2D eigenvalue weighted by atomic mass is 16.5. The Balaban J connectivity index is 0. The van der Waals surface area contributed by atoms with Gasteiger partial charge in [-0.25, -0.2) is 9.59 Å². The van der Waals surface area contributed by atoms with Crippen molar-refractivity contribution in [3.05, 3.63) is 25.3 Å². The number of aliphatic hydroxyl groups is 2. The van der Waals surface area contributed by atoms with E-state index in [4.69, 9.17) is 10.2 Å². The first-order valence-corrected chi connectivity index (χ1v) is 5.35. The van der Waals surface area contributed by atoms with E-state index in [9.17, 15) is 9.59 Å². The molecule has 0 aliphatic heterocycles. The lowest BCUT2D eigenvalue weighted by atomic mass is 10.4. The Morgan fingerprint density at radius 1 is 1.22 bits per heavy atom. The normalized spacial score (nSPS) is 10.4. The SMILES string of the molecule is C=CC(=O)OCC(C)O.C=CC(=O)OCCCO. The first kappa shape index (κ1) is 18.7. The second kappa shape index (κ2) is 13.4. The number of carbonyl (C=O) groups excluding carboxylic acids is 2. The molecule has 6 nitrogen and oxygen atoms in total. The number of hydrogen-bond donors (Lipinski definition) is 2. The number of ether oxygens (including phenoxy) is 2. The molecule has 0 aromatic heterocycles. The molecule has 0 aromatic carbocycles. The van der Waals surface area contributed by atoms with E-state index in [1.165, 1.54) is 6.92 Å². The minimum atomic E-state index is -0.603. The summed E-state index contributed by atoms with van der Waals surface area (Å²) >= 11 is 0. The number of hydrogen-bond acceptors (Lipinski definition) is 6. The largest absolute Gasteiger partial charge is 0.462 e. The molecule has 0 rings (SSSR count). The van der Waals surface area contributed by atoms with Gasteiger partial charge in [-0.3, -0.25) is 0 Å². The molecule has 0 aliphatic carbocycles. The molecule has 0 heterocycles. The van der Waals surface area contributed by atoms with Gasteiger partial charge in [0, 0.05) is 25.2 Å². The van der Waals surface area contributed by atoms with Gasteiger partial charge in [0.15, 0.2) is 0 Å². The molecule has 1 unspecified atom stereocenters. The molecular formula is C12H20O6. The van der Waals surface area contributed by atoms with Crippen LogP contribution < -0.4 is 0 Å². The van der Waals surface area contributed by atoms with Gasteiger partial charge >= 0.3 is 11.9 Å². The monoisotopic (exact) mass is 260 g/mol. The Morgan fingerprint density at radius 2 is 1.72 bits per heavy atom. The fourth-order valence-electron chi connectivity index (χ4n) is 0.558. The molecule has 0 saturated heterocycles. The Kier molecular flexibility index (Phi) is 13.9. The fraction of sp³-hybridized carbons (Fsp3) is 0.500. The first-order valence-electron chi connectivity index (χ1n) is 5.35. The quantitative estimate of drug-likeness (QED) is 0.386. The summed E-state index contributed by atoms with van der Waals surface area (Å²) in [6.45, 7) is 8.27. The Morgan fingerprint density at radius 3 is 2.11 bits per heavy atom.